The predicted octanol–water partition coefficient (Wildman–Crippen LogP) is 2.56. The maximum Gasteiger partial charge on any atom is 0.194 e. The SMILES string of the molecule is CCNC(=NCCS(=O)(=O)C(C)(C)C)N1CCC(C)C(n2ccnc2)C1.I. The lowest BCUT2D eigenvalue weighted by Gasteiger charge is -2.39. The number of hydrogen-bond acceptors (Lipinski definition) is 4. The highest BCUT2D eigenvalue weighted by molar-refractivity contribution is 14.0. The maximum atomic E-state index is 12.3. The molecule has 2 heterocycles. The van der Waals surface area contributed by atoms with Gasteiger partial charge in [-0.2, -0.15) is 0 Å². The van der Waals surface area contributed by atoms with Crippen LogP contribution in [-0.4, -0.2) is 65.5 Å². The third-order valence-corrected chi connectivity index (χ3v) is 7.60. The van der Waals surface area contributed by atoms with E-state index in [1.165, 1.54) is 0 Å². The average molecular weight is 511 g/mol. The Hall–Kier alpha value is -0.840. The Bertz CT molecular complexity index is 698. The first-order chi connectivity index (χ1) is 12.2. The molecule has 27 heavy (non-hydrogen) atoms. The van der Waals surface area contributed by atoms with Gasteiger partial charge in [-0.25, -0.2) is 13.4 Å². The van der Waals surface area contributed by atoms with Crippen molar-refractivity contribution in [2.75, 3.05) is 31.9 Å². The zero-order chi connectivity index (χ0) is 19.4. The number of rotatable bonds is 5. The van der Waals surface area contributed by atoms with Crippen molar-refractivity contribution in [1.82, 2.24) is 19.8 Å². The molecule has 9 heteroatoms. The van der Waals surface area contributed by atoms with E-state index in [0.29, 0.717) is 12.0 Å². The summed E-state index contributed by atoms with van der Waals surface area (Å²) in [7, 11) is -3.16. The molecule has 1 aliphatic rings. The Morgan fingerprint density at radius 2 is 2.07 bits per heavy atom. The van der Waals surface area contributed by atoms with Crippen molar-refractivity contribution in [2.24, 2.45) is 10.9 Å². The van der Waals surface area contributed by atoms with Crippen LogP contribution in [0.4, 0.5) is 0 Å². The van der Waals surface area contributed by atoms with Crippen LogP contribution in [0, 0.1) is 5.92 Å². The molecule has 0 aromatic carbocycles. The Kier molecular flexibility index (Phi) is 9.04. The number of aliphatic imine (C=N–C) groups is 1. The van der Waals surface area contributed by atoms with Crippen LogP contribution in [0.1, 0.15) is 47.1 Å². The van der Waals surface area contributed by atoms with E-state index in [4.69, 9.17) is 0 Å². The minimum absolute atomic E-state index is 0. The summed E-state index contributed by atoms with van der Waals surface area (Å²) >= 11 is 0. The van der Waals surface area contributed by atoms with Gasteiger partial charge in [-0.05, 0) is 40.0 Å². The molecule has 1 aliphatic heterocycles. The van der Waals surface area contributed by atoms with E-state index < -0.39 is 14.6 Å². The molecule has 0 spiro atoms. The van der Waals surface area contributed by atoms with Crippen LogP contribution >= 0.6 is 24.0 Å². The molecule has 2 atom stereocenters. The number of hydrogen-bond donors (Lipinski definition) is 1. The summed E-state index contributed by atoms with van der Waals surface area (Å²) in [6.45, 7) is 12.3. The van der Waals surface area contributed by atoms with E-state index in [9.17, 15) is 8.42 Å². The first kappa shape index (κ1) is 24.2. The fourth-order valence-corrected chi connectivity index (χ4v) is 4.04. The first-order valence-corrected chi connectivity index (χ1v) is 11.0. The van der Waals surface area contributed by atoms with Gasteiger partial charge in [0, 0.05) is 32.0 Å². The van der Waals surface area contributed by atoms with Crippen LogP contribution in [0.5, 0.6) is 0 Å². The van der Waals surface area contributed by atoms with Crippen LogP contribution in [0.2, 0.25) is 0 Å². The van der Waals surface area contributed by atoms with Gasteiger partial charge >= 0.3 is 0 Å². The molecule has 7 nitrogen and oxygen atoms in total. The molecule has 1 N–H and O–H groups in total. The summed E-state index contributed by atoms with van der Waals surface area (Å²) in [5, 5.41) is 3.31. The van der Waals surface area contributed by atoms with Gasteiger partial charge in [-0.3, -0.25) is 4.99 Å². The van der Waals surface area contributed by atoms with E-state index in [0.717, 1.165) is 32.0 Å². The molecule has 0 aliphatic carbocycles. The van der Waals surface area contributed by atoms with Gasteiger partial charge in [0.1, 0.15) is 0 Å². The fourth-order valence-electron chi connectivity index (χ4n) is 3.10. The standard InChI is InChI=1S/C18H33N5O2S.HI/c1-6-20-17(21-9-12-26(24,25)18(3,4)5)22-10-7-15(2)16(13-22)23-11-8-19-14-23;/h8,11,14-16H,6-7,9-10,12-13H2,1-5H3,(H,20,21);1H. The van der Waals surface area contributed by atoms with Crippen molar-refractivity contribution < 1.29 is 8.42 Å². The van der Waals surface area contributed by atoms with Crippen LogP contribution in [0.25, 0.3) is 0 Å². The predicted molar refractivity (Wildman–Crippen MR) is 122 cm³/mol. The number of aromatic nitrogens is 2. The number of sulfone groups is 1. The molecular weight excluding hydrogens is 477 g/mol. The molecule has 2 unspecified atom stereocenters. The lowest BCUT2D eigenvalue weighted by molar-refractivity contribution is 0.189. The number of nitrogens with one attached hydrogen (secondary N) is 1. The largest absolute Gasteiger partial charge is 0.357 e. The summed E-state index contributed by atoms with van der Waals surface area (Å²) in [6.07, 6.45) is 6.74. The van der Waals surface area contributed by atoms with E-state index in [2.05, 4.69) is 31.7 Å². The van der Waals surface area contributed by atoms with Gasteiger partial charge in [0.25, 0.3) is 0 Å². The molecule has 1 fully saturated rings. The second kappa shape index (κ2) is 10.1. The van der Waals surface area contributed by atoms with Crippen molar-refractivity contribution in [2.45, 2.75) is 51.8 Å². The van der Waals surface area contributed by atoms with Gasteiger partial charge in [0.15, 0.2) is 15.8 Å². The Morgan fingerprint density at radius 3 is 2.63 bits per heavy atom. The van der Waals surface area contributed by atoms with Crippen molar-refractivity contribution >= 4 is 39.8 Å². The number of halogens is 1. The van der Waals surface area contributed by atoms with Crippen LogP contribution in [0.3, 0.4) is 0 Å². The van der Waals surface area contributed by atoms with Crippen molar-refractivity contribution in [1.29, 1.82) is 0 Å². The number of likely N-dealkylation sites (tertiary alicyclic amines) is 1. The second-order valence-electron chi connectivity index (χ2n) is 7.96. The highest BCUT2D eigenvalue weighted by Crippen LogP contribution is 2.27. The van der Waals surface area contributed by atoms with Crippen molar-refractivity contribution in [3.05, 3.63) is 18.7 Å². The average Bonchev–Trinajstić information content (AvgIpc) is 3.07. The number of guanidine groups is 1. The number of nitrogens with zero attached hydrogens (tertiary/aromatic N) is 4. The summed E-state index contributed by atoms with van der Waals surface area (Å²) in [6, 6.07) is 0.341. The quantitative estimate of drug-likeness (QED) is 0.374. The molecule has 1 saturated heterocycles. The van der Waals surface area contributed by atoms with Crippen LogP contribution < -0.4 is 5.32 Å². The van der Waals surface area contributed by atoms with Gasteiger partial charge in [0.05, 0.1) is 29.4 Å². The van der Waals surface area contributed by atoms with E-state index in [1.807, 2.05) is 25.6 Å². The molecule has 2 rings (SSSR count). The normalized spacial score (nSPS) is 21.7. The molecule has 1 aromatic heterocycles. The van der Waals surface area contributed by atoms with Crippen LogP contribution in [-0.2, 0) is 9.84 Å². The molecular formula is C18H34IN5O2S. The molecule has 156 valence electrons. The summed E-state index contributed by atoms with van der Waals surface area (Å²) in [5.74, 6) is 1.43. The van der Waals surface area contributed by atoms with Gasteiger partial charge in [-0.1, -0.05) is 6.92 Å². The Labute approximate surface area is 181 Å². The summed E-state index contributed by atoms with van der Waals surface area (Å²) in [4.78, 5) is 11.0. The second-order valence-corrected chi connectivity index (χ2v) is 10.8. The Balaban J connectivity index is 0.00000364. The lowest BCUT2D eigenvalue weighted by atomic mass is 9.93. The van der Waals surface area contributed by atoms with Crippen LogP contribution in [0.15, 0.2) is 23.7 Å². The van der Waals surface area contributed by atoms with E-state index >= 15 is 0 Å². The maximum absolute atomic E-state index is 12.3. The molecule has 0 saturated carbocycles. The third-order valence-electron chi connectivity index (χ3n) is 5.02. The lowest BCUT2D eigenvalue weighted by Crippen LogP contribution is -2.49. The highest BCUT2D eigenvalue weighted by Gasteiger charge is 2.30. The molecule has 0 bridgehead atoms. The van der Waals surface area contributed by atoms with Crippen molar-refractivity contribution in [3.63, 3.8) is 0 Å². The minimum Gasteiger partial charge on any atom is -0.357 e. The van der Waals surface area contributed by atoms with E-state index in [-0.39, 0.29) is 36.3 Å². The summed E-state index contributed by atoms with van der Waals surface area (Å²) in [5.41, 5.74) is 0. The topological polar surface area (TPSA) is 79.6 Å². The fraction of sp³-hybridized carbons (Fsp3) is 0.778. The minimum atomic E-state index is -3.16. The number of piperidine rings is 1. The van der Waals surface area contributed by atoms with Gasteiger partial charge in [0.2, 0.25) is 0 Å². The molecule has 0 amide bonds. The first-order valence-electron chi connectivity index (χ1n) is 9.38. The van der Waals surface area contributed by atoms with Gasteiger partial charge in [-0.15, -0.1) is 24.0 Å². The third kappa shape index (κ3) is 6.33. The monoisotopic (exact) mass is 511 g/mol. The van der Waals surface area contributed by atoms with Crippen molar-refractivity contribution in [3.8, 4) is 0 Å². The smallest absolute Gasteiger partial charge is 0.194 e. The highest BCUT2D eigenvalue weighted by atomic mass is 127. The molecule has 0 radical (unpaired) electrons. The zero-order valence-corrected chi connectivity index (χ0v) is 20.2. The number of imidazole rings is 1. The molecule has 1 aromatic rings. The Morgan fingerprint density at radius 1 is 1.37 bits per heavy atom. The zero-order valence-electron chi connectivity index (χ0n) is 17.1. The van der Waals surface area contributed by atoms with Gasteiger partial charge < -0.3 is 14.8 Å². The summed E-state index contributed by atoms with van der Waals surface area (Å²) < 4.78 is 26.0. The van der Waals surface area contributed by atoms with E-state index in [1.54, 1.807) is 20.8 Å².